The lowest BCUT2D eigenvalue weighted by atomic mass is 9.88. The number of aliphatic hydroxyl groups is 1. The van der Waals surface area contributed by atoms with Crippen LogP contribution in [0.2, 0.25) is 0 Å². The molecule has 8 nitrogen and oxygen atoms in total. The summed E-state index contributed by atoms with van der Waals surface area (Å²) < 4.78 is 15.0. The second-order valence-corrected chi connectivity index (χ2v) is 9.29. The van der Waals surface area contributed by atoms with Gasteiger partial charge >= 0.3 is 0 Å². The number of nitrogens with zero attached hydrogens (tertiary/aromatic N) is 4. The Hall–Kier alpha value is -3.69. The first kappa shape index (κ1) is 24.0. The SMILES string of the molecule is CC=Cc1ccc2n(c1=O)C[C@H]1[C@H](CO)[C@@H](C(=O)NCc3ccc(F)cc3)N(Cc3cncnc3)[C@@H]21. The van der Waals surface area contributed by atoms with E-state index in [1.54, 1.807) is 35.2 Å². The third-order valence-corrected chi connectivity index (χ3v) is 7.19. The standard InChI is InChI=1S/C27H28FN5O3/c1-2-3-19-6-9-23-24-21(14-32(23)27(19)36)22(15-34)25(33(24)13-18-10-29-16-30-11-18)26(35)31-12-17-4-7-20(28)8-5-17/h2-11,16,21-22,24-25,34H,12-15H2,1H3,(H,31,35)/t21-,22-,24+,25-/m0/s1. The van der Waals surface area contributed by atoms with E-state index >= 15 is 0 Å². The maximum Gasteiger partial charge on any atom is 0.258 e. The Balaban J connectivity index is 1.49. The quantitative estimate of drug-likeness (QED) is 0.528. The van der Waals surface area contributed by atoms with E-state index in [9.17, 15) is 19.1 Å². The average Bonchev–Trinajstić information content (AvgIpc) is 3.41. The molecule has 0 aliphatic carbocycles. The smallest absolute Gasteiger partial charge is 0.258 e. The number of aliphatic hydroxyl groups excluding tert-OH is 1. The van der Waals surface area contributed by atoms with Crippen LogP contribution in [0, 0.1) is 17.7 Å². The van der Waals surface area contributed by atoms with Gasteiger partial charge < -0.3 is 15.0 Å². The lowest BCUT2D eigenvalue weighted by molar-refractivity contribution is -0.128. The summed E-state index contributed by atoms with van der Waals surface area (Å²) in [5.41, 5.74) is 2.98. The predicted molar refractivity (Wildman–Crippen MR) is 132 cm³/mol. The molecule has 2 aliphatic rings. The summed E-state index contributed by atoms with van der Waals surface area (Å²) in [6.45, 7) is 2.74. The molecule has 2 aromatic heterocycles. The van der Waals surface area contributed by atoms with Crippen molar-refractivity contribution in [3.8, 4) is 0 Å². The van der Waals surface area contributed by atoms with Crippen molar-refractivity contribution >= 4 is 12.0 Å². The summed E-state index contributed by atoms with van der Waals surface area (Å²) in [5.74, 6) is -1.05. The molecule has 0 bridgehead atoms. The first-order valence-corrected chi connectivity index (χ1v) is 12.0. The molecular weight excluding hydrogens is 461 g/mol. The molecule has 186 valence electrons. The molecule has 3 aromatic rings. The summed E-state index contributed by atoms with van der Waals surface area (Å²) in [4.78, 5) is 37.0. The summed E-state index contributed by atoms with van der Waals surface area (Å²) in [7, 11) is 0. The second-order valence-electron chi connectivity index (χ2n) is 9.29. The van der Waals surface area contributed by atoms with Crippen LogP contribution in [-0.4, -0.2) is 43.1 Å². The van der Waals surface area contributed by atoms with Gasteiger partial charge in [0, 0.05) is 67.3 Å². The number of hydrogen-bond acceptors (Lipinski definition) is 6. The van der Waals surface area contributed by atoms with Gasteiger partial charge in [0.1, 0.15) is 12.1 Å². The molecule has 0 unspecified atom stereocenters. The van der Waals surface area contributed by atoms with E-state index in [-0.39, 0.29) is 48.3 Å². The highest BCUT2D eigenvalue weighted by atomic mass is 19.1. The van der Waals surface area contributed by atoms with Gasteiger partial charge in [-0.15, -0.1) is 0 Å². The summed E-state index contributed by atoms with van der Waals surface area (Å²) in [5, 5.41) is 13.4. The number of rotatable bonds is 7. The largest absolute Gasteiger partial charge is 0.396 e. The zero-order chi connectivity index (χ0) is 25.2. The van der Waals surface area contributed by atoms with Gasteiger partial charge in [0.2, 0.25) is 5.91 Å². The summed E-state index contributed by atoms with van der Waals surface area (Å²) in [6.07, 6.45) is 8.49. The molecule has 2 N–H and O–H groups in total. The van der Waals surface area contributed by atoms with Crippen molar-refractivity contribution in [2.24, 2.45) is 11.8 Å². The number of aromatic nitrogens is 3. The van der Waals surface area contributed by atoms with Gasteiger partial charge in [-0.3, -0.25) is 14.5 Å². The fourth-order valence-corrected chi connectivity index (χ4v) is 5.63. The highest BCUT2D eigenvalue weighted by Crippen LogP contribution is 2.49. The molecule has 0 saturated carbocycles. The van der Waals surface area contributed by atoms with Crippen molar-refractivity contribution in [1.29, 1.82) is 0 Å². The van der Waals surface area contributed by atoms with Gasteiger partial charge in [0.25, 0.3) is 5.56 Å². The molecule has 4 atom stereocenters. The average molecular weight is 490 g/mol. The number of allylic oxidation sites excluding steroid dienone is 1. The highest BCUT2D eigenvalue weighted by Gasteiger charge is 2.55. The predicted octanol–water partition coefficient (Wildman–Crippen LogP) is 2.29. The molecule has 1 aromatic carbocycles. The molecule has 36 heavy (non-hydrogen) atoms. The number of likely N-dealkylation sites (tertiary alicyclic amines) is 1. The lowest BCUT2D eigenvalue weighted by Crippen LogP contribution is -2.48. The topological polar surface area (TPSA) is 100 Å². The van der Waals surface area contributed by atoms with Crippen LogP contribution in [0.3, 0.4) is 0 Å². The number of carbonyl (C=O) groups is 1. The summed E-state index contributed by atoms with van der Waals surface area (Å²) >= 11 is 0. The number of halogens is 1. The Labute approximate surface area is 208 Å². The molecule has 4 heterocycles. The molecule has 0 radical (unpaired) electrons. The lowest BCUT2D eigenvalue weighted by Gasteiger charge is -2.30. The monoisotopic (exact) mass is 489 g/mol. The van der Waals surface area contributed by atoms with E-state index in [0.717, 1.165) is 16.8 Å². The number of benzene rings is 1. The van der Waals surface area contributed by atoms with Gasteiger partial charge in [-0.1, -0.05) is 24.3 Å². The summed E-state index contributed by atoms with van der Waals surface area (Å²) in [6, 6.07) is 8.90. The van der Waals surface area contributed by atoms with Crippen molar-refractivity contribution in [1.82, 2.24) is 24.8 Å². The highest BCUT2D eigenvalue weighted by molar-refractivity contribution is 5.82. The van der Waals surface area contributed by atoms with E-state index in [1.165, 1.54) is 18.5 Å². The van der Waals surface area contributed by atoms with Crippen molar-refractivity contribution in [3.05, 3.63) is 99.8 Å². The van der Waals surface area contributed by atoms with Crippen LogP contribution in [0.5, 0.6) is 0 Å². The number of carbonyl (C=O) groups excluding carboxylic acids is 1. The fraction of sp³-hybridized carbons (Fsp3) is 0.333. The minimum Gasteiger partial charge on any atom is -0.396 e. The van der Waals surface area contributed by atoms with E-state index in [0.29, 0.717) is 18.7 Å². The number of amides is 1. The van der Waals surface area contributed by atoms with Gasteiger partial charge in [-0.2, -0.15) is 0 Å². The third-order valence-electron chi connectivity index (χ3n) is 7.19. The molecule has 9 heteroatoms. The molecule has 2 aliphatic heterocycles. The van der Waals surface area contributed by atoms with E-state index in [4.69, 9.17) is 0 Å². The fourth-order valence-electron chi connectivity index (χ4n) is 5.63. The van der Waals surface area contributed by atoms with Crippen molar-refractivity contribution in [2.75, 3.05) is 6.61 Å². The van der Waals surface area contributed by atoms with Crippen LogP contribution in [0.4, 0.5) is 4.39 Å². The van der Waals surface area contributed by atoms with Gasteiger partial charge in [0.05, 0.1) is 12.1 Å². The molecule has 1 fully saturated rings. The van der Waals surface area contributed by atoms with Crippen molar-refractivity contribution in [2.45, 2.75) is 38.6 Å². The minimum atomic E-state index is -0.621. The Morgan fingerprint density at radius 2 is 1.92 bits per heavy atom. The first-order valence-electron chi connectivity index (χ1n) is 12.0. The normalized spacial score (nSPS) is 23.1. The van der Waals surface area contributed by atoms with Gasteiger partial charge in [-0.05, 0) is 36.8 Å². The molecule has 5 rings (SSSR count). The Morgan fingerprint density at radius 1 is 1.17 bits per heavy atom. The van der Waals surface area contributed by atoms with Gasteiger partial charge in [-0.25, -0.2) is 14.4 Å². The van der Waals surface area contributed by atoms with Crippen molar-refractivity contribution < 1.29 is 14.3 Å². The van der Waals surface area contributed by atoms with Crippen LogP contribution >= 0.6 is 0 Å². The maximum atomic E-state index is 13.6. The number of fused-ring (bicyclic) bond motifs is 3. The van der Waals surface area contributed by atoms with Gasteiger partial charge in [0.15, 0.2) is 0 Å². The van der Waals surface area contributed by atoms with Crippen molar-refractivity contribution in [3.63, 3.8) is 0 Å². The number of hydrogen-bond donors (Lipinski definition) is 2. The molecule has 0 spiro atoms. The first-order chi connectivity index (χ1) is 17.5. The van der Waals surface area contributed by atoms with Crippen LogP contribution in [-0.2, 0) is 24.4 Å². The Bertz CT molecular complexity index is 1330. The Morgan fingerprint density at radius 3 is 2.61 bits per heavy atom. The molecular formula is C27H28FN5O3. The number of pyridine rings is 1. The van der Waals surface area contributed by atoms with E-state index < -0.39 is 6.04 Å². The van der Waals surface area contributed by atoms with Crippen LogP contribution in [0.15, 0.2) is 66.0 Å². The molecule has 1 amide bonds. The van der Waals surface area contributed by atoms with Crippen LogP contribution in [0.1, 0.15) is 35.3 Å². The molecule has 1 saturated heterocycles. The maximum absolute atomic E-state index is 13.6. The van der Waals surface area contributed by atoms with Crippen LogP contribution in [0.25, 0.3) is 6.08 Å². The number of nitrogens with one attached hydrogen (secondary N) is 1. The van der Waals surface area contributed by atoms with E-state index in [2.05, 4.69) is 20.2 Å². The van der Waals surface area contributed by atoms with E-state index in [1.807, 2.05) is 25.1 Å². The van der Waals surface area contributed by atoms with Crippen LogP contribution < -0.4 is 10.9 Å². The third kappa shape index (κ3) is 4.36. The zero-order valence-corrected chi connectivity index (χ0v) is 19.9. The second kappa shape index (κ2) is 10.1. The minimum absolute atomic E-state index is 0.0722. The zero-order valence-electron chi connectivity index (χ0n) is 19.9. The Kier molecular flexibility index (Phi) is 6.75.